The van der Waals surface area contributed by atoms with E-state index in [1.165, 1.54) is 23.5 Å². The Morgan fingerprint density at radius 3 is 2.58 bits per heavy atom. The number of aryl methyl sites for hydroxylation is 2. The van der Waals surface area contributed by atoms with E-state index in [0.717, 1.165) is 11.1 Å². The van der Waals surface area contributed by atoms with Crippen LogP contribution in [-0.2, 0) is 4.74 Å². The number of aromatic nitrogens is 1. The van der Waals surface area contributed by atoms with E-state index in [0.29, 0.717) is 33.0 Å². The van der Waals surface area contributed by atoms with Crippen molar-refractivity contribution >= 4 is 28.1 Å². The van der Waals surface area contributed by atoms with Crippen molar-refractivity contribution in [2.75, 3.05) is 6.61 Å². The van der Waals surface area contributed by atoms with Crippen LogP contribution in [0.1, 0.15) is 27.9 Å². The normalized spacial score (nSPS) is 11.0. The van der Waals surface area contributed by atoms with Gasteiger partial charge in [0.2, 0.25) is 0 Å². The van der Waals surface area contributed by atoms with Gasteiger partial charge < -0.3 is 4.74 Å². The summed E-state index contributed by atoms with van der Waals surface area (Å²) in [6.07, 6.45) is 0. The highest BCUT2D eigenvalue weighted by molar-refractivity contribution is 7.17. The topological polar surface area (TPSA) is 39.2 Å². The zero-order chi connectivity index (χ0) is 17.4. The van der Waals surface area contributed by atoms with Gasteiger partial charge in [0.15, 0.2) is 11.6 Å². The minimum absolute atomic E-state index is 0.297. The van der Waals surface area contributed by atoms with Gasteiger partial charge in [-0.2, -0.15) is 0 Å². The molecule has 6 heteroatoms. The lowest BCUT2D eigenvalue weighted by atomic mass is 10.0. The SMILES string of the molecule is CCOC(=O)c1sc(-c2cc(C)c3cc(F)c(F)cc3c2)nc1C. The zero-order valence-corrected chi connectivity index (χ0v) is 14.3. The van der Waals surface area contributed by atoms with E-state index in [1.807, 2.05) is 13.0 Å². The van der Waals surface area contributed by atoms with Gasteiger partial charge in [0.25, 0.3) is 0 Å². The lowest BCUT2D eigenvalue weighted by Gasteiger charge is -2.06. The molecule has 0 saturated heterocycles. The van der Waals surface area contributed by atoms with Crippen LogP contribution in [0.15, 0.2) is 24.3 Å². The summed E-state index contributed by atoms with van der Waals surface area (Å²) in [4.78, 5) is 16.8. The third-order valence-corrected chi connectivity index (χ3v) is 4.89. The van der Waals surface area contributed by atoms with Crippen molar-refractivity contribution in [2.45, 2.75) is 20.8 Å². The molecule has 0 saturated carbocycles. The Morgan fingerprint density at radius 1 is 1.17 bits per heavy atom. The molecular formula is C18H15F2NO2S. The molecule has 3 nitrogen and oxygen atoms in total. The van der Waals surface area contributed by atoms with Gasteiger partial charge in [-0.1, -0.05) is 0 Å². The molecule has 3 aromatic rings. The fourth-order valence-electron chi connectivity index (χ4n) is 2.57. The predicted octanol–water partition coefficient (Wildman–Crippen LogP) is 5.04. The quantitative estimate of drug-likeness (QED) is 0.624. The monoisotopic (exact) mass is 347 g/mol. The number of rotatable bonds is 3. The number of carbonyl (C=O) groups excluding carboxylic acids is 1. The van der Waals surface area contributed by atoms with Gasteiger partial charge in [0.05, 0.1) is 12.3 Å². The highest BCUT2D eigenvalue weighted by Gasteiger charge is 2.18. The van der Waals surface area contributed by atoms with Crippen LogP contribution in [0.5, 0.6) is 0 Å². The Labute approximate surface area is 141 Å². The highest BCUT2D eigenvalue weighted by atomic mass is 32.1. The lowest BCUT2D eigenvalue weighted by Crippen LogP contribution is -2.03. The van der Waals surface area contributed by atoms with Crippen molar-refractivity contribution < 1.29 is 18.3 Å². The molecule has 0 atom stereocenters. The van der Waals surface area contributed by atoms with E-state index >= 15 is 0 Å². The van der Waals surface area contributed by atoms with Gasteiger partial charge >= 0.3 is 5.97 Å². The van der Waals surface area contributed by atoms with Gasteiger partial charge in [-0.15, -0.1) is 11.3 Å². The number of nitrogens with zero attached hydrogens (tertiary/aromatic N) is 1. The first-order valence-corrected chi connectivity index (χ1v) is 8.26. The number of carbonyl (C=O) groups is 1. The second kappa shape index (κ2) is 6.28. The largest absolute Gasteiger partial charge is 0.462 e. The van der Waals surface area contributed by atoms with Crippen molar-refractivity contribution in [3.05, 3.63) is 52.0 Å². The molecular weight excluding hydrogens is 332 g/mol. The first kappa shape index (κ1) is 16.5. The second-order valence-corrected chi connectivity index (χ2v) is 6.43. The van der Waals surface area contributed by atoms with Crippen molar-refractivity contribution in [1.82, 2.24) is 4.98 Å². The predicted molar refractivity (Wildman–Crippen MR) is 90.4 cm³/mol. The molecule has 0 aliphatic heterocycles. The van der Waals surface area contributed by atoms with Crippen LogP contribution in [0.25, 0.3) is 21.3 Å². The third kappa shape index (κ3) is 2.89. The van der Waals surface area contributed by atoms with Crippen LogP contribution >= 0.6 is 11.3 Å². The number of hydrogen-bond donors (Lipinski definition) is 0. The zero-order valence-electron chi connectivity index (χ0n) is 13.4. The van der Waals surface area contributed by atoms with Crippen LogP contribution in [0.4, 0.5) is 8.78 Å². The molecule has 124 valence electrons. The molecule has 0 bridgehead atoms. The van der Waals surface area contributed by atoms with Crippen LogP contribution in [0.2, 0.25) is 0 Å². The maximum Gasteiger partial charge on any atom is 0.350 e. The van der Waals surface area contributed by atoms with Crippen molar-refractivity contribution in [3.8, 4) is 10.6 Å². The maximum absolute atomic E-state index is 13.5. The van der Waals surface area contributed by atoms with E-state index in [2.05, 4.69) is 4.98 Å². The minimum atomic E-state index is -0.887. The molecule has 0 radical (unpaired) electrons. The van der Waals surface area contributed by atoms with Gasteiger partial charge in [0.1, 0.15) is 9.88 Å². The fourth-order valence-corrected chi connectivity index (χ4v) is 3.52. The van der Waals surface area contributed by atoms with Crippen LogP contribution in [0.3, 0.4) is 0 Å². The van der Waals surface area contributed by atoms with Crippen molar-refractivity contribution in [3.63, 3.8) is 0 Å². The van der Waals surface area contributed by atoms with Crippen LogP contribution in [-0.4, -0.2) is 17.6 Å². The molecule has 0 aliphatic rings. The number of benzene rings is 2. The molecule has 3 rings (SSSR count). The first-order valence-electron chi connectivity index (χ1n) is 7.45. The lowest BCUT2D eigenvalue weighted by molar-refractivity contribution is 0.0531. The summed E-state index contributed by atoms with van der Waals surface area (Å²) < 4.78 is 32.0. The van der Waals surface area contributed by atoms with Gasteiger partial charge in [-0.3, -0.25) is 0 Å². The summed E-state index contributed by atoms with van der Waals surface area (Å²) in [6.45, 7) is 5.62. The third-order valence-electron chi connectivity index (χ3n) is 3.70. The minimum Gasteiger partial charge on any atom is -0.462 e. The Hall–Kier alpha value is -2.34. The van der Waals surface area contributed by atoms with E-state index < -0.39 is 17.6 Å². The van der Waals surface area contributed by atoms with Gasteiger partial charge in [0, 0.05) is 5.56 Å². The van der Waals surface area contributed by atoms with Crippen molar-refractivity contribution in [2.24, 2.45) is 0 Å². The Morgan fingerprint density at radius 2 is 1.88 bits per heavy atom. The highest BCUT2D eigenvalue weighted by Crippen LogP contribution is 2.33. The summed E-state index contributed by atoms with van der Waals surface area (Å²) >= 11 is 1.23. The Bertz CT molecular complexity index is 950. The Balaban J connectivity index is 2.12. The van der Waals surface area contributed by atoms with E-state index in [-0.39, 0.29) is 0 Å². The number of ether oxygens (including phenoxy) is 1. The van der Waals surface area contributed by atoms with Gasteiger partial charge in [-0.25, -0.2) is 18.6 Å². The number of hydrogen-bond acceptors (Lipinski definition) is 4. The maximum atomic E-state index is 13.5. The molecule has 1 heterocycles. The fraction of sp³-hybridized carbons (Fsp3) is 0.222. The number of thiazole rings is 1. The van der Waals surface area contributed by atoms with Crippen LogP contribution < -0.4 is 0 Å². The molecule has 1 aromatic heterocycles. The summed E-state index contributed by atoms with van der Waals surface area (Å²) in [7, 11) is 0. The van der Waals surface area contributed by atoms with E-state index in [9.17, 15) is 13.6 Å². The molecule has 0 aliphatic carbocycles. The molecule has 0 fully saturated rings. The standard InChI is InChI=1S/C18H15F2NO2S/c1-4-23-18(22)16-10(3)21-17(24-16)12-5-9(2)13-8-15(20)14(19)7-11(13)6-12/h5-8H,4H2,1-3H3. The smallest absolute Gasteiger partial charge is 0.350 e. The summed E-state index contributed by atoms with van der Waals surface area (Å²) in [5.41, 5.74) is 2.16. The number of halogens is 2. The first-order chi connectivity index (χ1) is 11.4. The summed E-state index contributed by atoms with van der Waals surface area (Å²) in [5.74, 6) is -2.15. The Kier molecular flexibility index (Phi) is 4.32. The van der Waals surface area contributed by atoms with Crippen LogP contribution in [0, 0.1) is 25.5 Å². The molecule has 0 unspecified atom stereocenters. The molecule has 0 amide bonds. The van der Waals surface area contributed by atoms with Crippen molar-refractivity contribution in [1.29, 1.82) is 0 Å². The second-order valence-electron chi connectivity index (χ2n) is 5.43. The number of fused-ring (bicyclic) bond motifs is 1. The summed E-state index contributed by atoms with van der Waals surface area (Å²) in [6, 6.07) is 5.97. The molecule has 24 heavy (non-hydrogen) atoms. The number of esters is 1. The molecule has 0 spiro atoms. The molecule has 0 N–H and O–H groups in total. The van der Waals surface area contributed by atoms with E-state index in [1.54, 1.807) is 19.9 Å². The van der Waals surface area contributed by atoms with E-state index in [4.69, 9.17) is 4.74 Å². The average molecular weight is 347 g/mol. The average Bonchev–Trinajstić information content (AvgIpc) is 2.91. The summed E-state index contributed by atoms with van der Waals surface area (Å²) in [5, 5.41) is 1.89. The van der Waals surface area contributed by atoms with Gasteiger partial charge in [-0.05, 0) is 61.4 Å². The molecule has 2 aromatic carbocycles.